The highest BCUT2D eigenvalue weighted by Gasteiger charge is 2.22. The van der Waals surface area contributed by atoms with Crippen molar-refractivity contribution in [2.24, 2.45) is 0 Å². The first kappa shape index (κ1) is 15.7. The summed E-state index contributed by atoms with van der Waals surface area (Å²) in [5, 5.41) is 8.15. The van der Waals surface area contributed by atoms with Gasteiger partial charge in [0.2, 0.25) is 5.82 Å². The van der Waals surface area contributed by atoms with Crippen LogP contribution < -0.4 is 5.32 Å². The van der Waals surface area contributed by atoms with Crippen molar-refractivity contribution in [3.63, 3.8) is 0 Å². The Bertz CT molecular complexity index is 690. The summed E-state index contributed by atoms with van der Waals surface area (Å²) in [6.07, 6.45) is 7.17. The highest BCUT2D eigenvalue weighted by Crippen LogP contribution is 2.27. The van der Waals surface area contributed by atoms with Crippen LogP contribution in [0.3, 0.4) is 0 Å². The number of nitrogens with one attached hydrogen (secondary N) is 1. The van der Waals surface area contributed by atoms with Crippen molar-refractivity contribution in [3.05, 3.63) is 11.5 Å². The monoisotopic (exact) mass is 318 g/mol. The molecule has 2 heterocycles. The van der Waals surface area contributed by atoms with Crippen LogP contribution in [-0.2, 0) is 4.74 Å². The molecule has 2 aromatic heterocycles. The van der Waals surface area contributed by atoms with Gasteiger partial charge in [-0.15, -0.1) is 0 Å². The fourth-order valence-electron chi connectivity index (χ4n) is 3.00. The summed E-state index contributed by atoms with van der Waals surface area (Å²) in [7, 11) is 0. The second-order valence-corrected chi connectivity index (χ2v) is 5.90. The Morgan fingerprint density at radius 3 is 2.70 bits per heavy atom. The number of carbonyl (C=O) groups excluding carboxylic acids is 1. The molecule has 0 aliphatic heterocycles. The normalized spacial score (nSPS) is 16.3. The van der Waals surface area contributed by atoms with Crippen molar-refractivity contribution in [1.29, 1.82) is 0 Å². The average Bonchev–Trinajstić information content (AvgIpc) is 2.74. The molecule has 1 saturated carbocycles. The Hall–Kier alpha value is -2.18. The molecule has 0 amide bonds. The number of rotatable bonds is 4. The van der Waals surface area contributed by atoms with E-state index in [2.05, 4.69) is 20.4 Å². The third-order valence-electron chi connectivity index (χ3n) is 4.16. The molecule has 0 bridgehead atoms. The van der Waals surface area contributed by atoms with Gasteiger partial charge in [0, 0.05) is 6.04 Å². The number of carbonyl (C=O) groups is 1. The van der Waals surface area contributed by atoms with Crippen LogP contribution in [0, 0.1) is 6.92 Å². The van der Waals surface area contributed by atoms with Crippen LogP contribution in [0.5, 0.6) is 0 Å². The quantitative estimate of drug-likeness (QED) is 0.683. The first-order valence-corrected chi connectivity index (χ1v) is 8.26. The highest BCUT2D eigenvalue weighted by molar-refractivity contribution is 5.93. The summed E-state index contributed by atoms with van der Waals surface area (Å²) in [4.78, 5) is 20.5. The third kappa shape index (κ3) is 3.43. The van der Waals surface area contributed by atoms with Gasteiger partial charge in [0.05, 0.1) is 12.3 Å². The minimum atomic E-state index is -0.549. The number of fused-ring (bicyclic) bond motifs is 1. The van der Waals surface area contributed by atoms with Gasteiger partial charge in [-0.1, -0.05) is 30.8 Å². The van der Waals surface area contributed by atoms with Gasteiger partial charge in [-0.25, -0.2) is 9.78 Å². The number of aryl methyl sites for hydroxylation is 1. The van der Waals surface area contributed by atoms with Crippen LogP contribution in [0.2, 0.25) is 0 Å². The summed E-state index contributed by atoms with van der Waals surface area (Å²) in [5.74, 6) is 0.0719. The molecular weight excluding hydrogens is 296 g/mol. The standard InChI is InChI=1S/C16H22N4O3/c1-3-22-16(21)14-18-13(12-10(2)20-23-15(12)19-14)17-11-8-6-4-5-7-9-11/h11H,3-9H2,1-2H3,(H,17,18,19). The smallest absolute Gasteiger partial charge is 0.376 e. The van der Waals surface area contributed by atoms with E-state index in [1.54, 1.807) is 6.92 Å². The summed E-state index contributed by atoms with van der Waals surface area (Å²) in [6.45, 7) is 3.87. The van der Waals surface area contributed by atoms with E-state index < -0.39 is 5.97 Å². The van der Waals surface area contributed by atoms with Gasteiger partial charge >= 0.3 is 5.97 Å². The first-order chi connectivity index (χ1) is 11.2. The van der Waals surface area contributed by atoms with Crippen LogP contribution in [0.4, 0.5) is 5.82 Å². The molecule has 1 aliphatic carbocycles. The zero-order valence-corrected chi connectivity index (χ0v) is 13.6. The lowest BCUT2D eigenvalue weighted by molar-refractivity contribution is 0.0512. The maximum Gasteiger partial charge on any atom is 0.376 e. The first-order valence-electron chi connectivity index (χ1n) is 8.26. The van der Waals surface area contributed by atoms with Gasteiger partial charge in [-0.05, 0) is 26.7 Å². The second-order valence-electron chi connectivity index (χ2n) is 5.90. The molecule has 0 radical (unpaired) electrons. The molecule has 0 saturated heterocycles. The largest absolute Gasteiger partial charge is 0.460 e. The number of ether oxygens (including phenoxy) is 1. The van der Waals surface area contributed by atoms with Crippen molar-refractivity contribution >= 4 is 22.9 Å². The van der Waals surface area contributed by atoms with E-state index in [1.807, 2.05) is 6.92 Å². The van der Waals surface area contributed by atoms with Crippen LogP contribution in [0.1, 0.15) is 61.8 Å². The van der Waals surface area contributed by atoms with Crippen LogP contribution in [0.25, 0.3) is 11.1 Å². The van der Waals surface area contributed by atoms with E-state index in [0.717, 1.165) is 18.2 Å². The van der Waals surface area contributed by atoms with E-state index >= 15 is 0 Å². The Balaban J connectivity index is 1.95. The zero-order valence-electron chi connectivity index (χ0n) is 13.6. The SMILES string of the molecule is CCOC(=O)c1nc(NC2CCCCCC2)c2c(C)noc2n1. The summed E-state index contributed by atoms with van der Waals surface area (Å²) < 4.78 is 10.2. The molecule has 7 nitrogen and oxygen atoms in total. The molecule has 1 aliphatic rings. The number of hydrogen-bond acceptors (Lipinski definition) is 7. The molecule has 2 aromatic rings. The van der Waals surface area contributed by atoms with Gasteiger partial charge in [0.25, 0.3) is 5.71 Å². The van der Waals surface area contributed by atoms with Crippen LogP contribution in [-0.4, -0.2) is 33.7 Å². The summed E-state index contributed by atoms with van der Waals surface area (Å²) in [5.41, 5.74) is 1.03. The van der Waals surface area contributed by atoms with E-state index in [0.29, 0.717) is 23.3 Å². The van der Waals surface area contributed by atoms with Gasteiger partial charge in [0.1, 0.15) is 11.2 Å². The number of anilines is 1. The predicted octanol–water partition coefficient (Wildman–Crippen LogP) is 3.24. The van der Waals surface area contributed by atoms with Crippen molar-refractivity contribution in [3.8, 4) is 0 Å². The van der Waals surface area contributed by atoms with Crippen molar-refractivity contribution in [2.45, 2.75) is 58.4 Å². The Kier molecular flexibility index (Phi) is 4.73. The molecule has 23 heavy (non-hydrogen) atoms. The maximum atomic E-state index is 12.0. The fourth-order valence-corrected chi connectivity index (χ4v) is 3.00. The zero-order chi connectivity index (χ0) is 16.2. The number of nitrogens with zero attached hydrogens (tertiary/aromatic N) is 3. The van der Waals surface area contributed by atoms with Crippen molar-refractivity contribution in [2.75, 3.05) is 11.9 Å². The van der Waals surface area contributed by atoms with Crippen molar-refractivity contribution < 1.29 is 14.1 Å². The summed E-state index contributed by atoms with van der Waals surface area (Å²) in [6, 6.07) is 0.347. The summed E-state index contributed by atoms with van der Waals surface area (Å²) >= 11 is 0. The predicted molar refractivity (Wildman–Crippen MR) is 85.4 cm³/mol. The lowest BCUT2D eigenvalue weighted by atomic mass is 10.1. The number of aromatic nitrogens is 3. The average molecular weight is 318 g/mol. The van der Waals surface area contributed by atoms with Crippen LogP contribution in [0.15, 0.2) is 4.52 Å². The van der Waals surface area contributed by atoms with Gasteiger partial charge < -0.3 is 14.6 Å². The Labute approximate surface area is 134 Å². The number of esters is 1. The molecule has 124 valence electrons. The third-order valence-corrected chi connectivity index (χ3v) is 4.16. The molecule has 1 N–H and O–H groups in total. The lowest BCUT2D eigenvalue weighted by Crippen LogP contribution is -2.21. The topological polar surface area (TPSA) is 90.1 Å². The van der Waals surface area contributed by atoms with E-state index in [9.17, 15) is 4.79 Å². The molecule has 0 aromatic carbocycles. The van der Waals surface area contributed by atoms with Crippen molar-refractivity contribution in [1.82, 2.24) is 15.1 Å². The molecule has 1 fully saturated rings. The maximum absolute atomic E-state index is 12.0. The van der Waals surface area contributed by atoms with E-state index in [-0.39, 0.29) is 12.4 Å². The Morgan fingerprint density at radius 2 is 2.00 bits per heavy atom. The van der Waals surface area contributed by atoms with Gasteiger partial charge in [0.15, 0.2) is 0 Å². The molecular formula is C16H22N4O3. The minimum Gasteiger partial charge on any atom is -0.460 e. The molecule has 0 atom stereocenters. The fraction of sp³-hybridized carbons (Fsp3) is 0.625. The highest BCUT2D eigenvalue weighted by atomic mass is 16.5. The minimum absolute atomic E-state index is 0.00613. The van der Waals surface area contributed by atoms with Crippen LogP contribution >= 0.6 is 0 Å². The van der Waals surface area contributed by atoms with Gasteiger partial charge in [-0.3, -0.25) is 0 Å². The Morgan fingerprint density at radius 1 is 1.26 bits per heavy atom. The molecule has 7 heteroatoms. The number of hydrogen-bond donors (Lipinski definition) is 1. The molecule has 3 rings (SSSR count). The molecule has 0 spiro atoms. The lowest BCUT2D eigenvalue weighted by Gasteiger charge is -2.17. The van der Waals surface area contributed by atoms with Gasteiger partial charge in [-0.2, -0.15) is 4.98 Å². The molecule has 0 unspecified atom stereocenters. The van der Waals surface area contributed by atoms with E-state index in [1.165, 1.54) is 25.7 Å². The van der Waals surface area contributed by atoms with E-state index in [4.69, 9.17) is 9.26 Å². The second kappa shape index (κ2) is 6.93.